The van der Waals surface area contributed by atoms with Gasteiger partial charge in [0.25, 0.3) is 0 Å². The molecule has 0 radical (unpaired) electrons. The summed E-state index contributed by atoms with van der Waals surface area (Å²) in [4.78, 5) is 0. The van der Waals surface area contributed by atoms with Crippen molar-refractivity contribution in [3.05, 3.63) is 34.4 Å². The zero-order valence-corrected chi connectivity index (χ0v) is 8.18. The number of halogens is 8. The zero-order chi connectivity index (χ0) is 13.7. The van der Waals surface area contributed by atoms with Crippen molar-refractivity contribution in [2.45, 2.75) is 23.7 Å². The minimum atomic E-state index is -4.60. The molecule has 0 N–H and O–H groups in total. The molecule has 0 saturated heterocycles. The van der Waals surface area contributed by atoms with Gasteiger partial charge in [-0.3, -0.25) is 0 Å². The highest BCUT2D eigenvalue weighted by molar-refractivity contribution is 5.58. The molecule has 2 aliphatic carbocycles. The lowest BCUT2D eigenvalue weighted by molar-refractivity contribution is -0.265. The third-order valence-corrected chi connectivity index (χ3v) is 3.30. The molecule has 18 heavy (non-hydrogen) atoms. The molecule has 0 nitrogen and oxygen atoms in total. The van der Waals surface area contributed by atoms with E-state index in [2.05, 4.69) is 0 Å². The Morgan fingerprint density at radius 2 is 0.611 bits per heavy atom. The fourth-order valence-corrected chi connectivity index (χ4v) is 2.19. The fourth-order valence-electron chi connectivity index (χ4n) is 2.19. The maximum Gasteiger partial charge on any atom is 0.340 e. The summed E-state index contributed by atoms with van der Waals surface area (Å²) in [7, 11) is 0. The molecule has 0 unspecified atom stereocenters. The second kappa shape index (κ2) is 2.50. The molecule has 98 valence electrons. The summed E-state index contributed by atoms with van der Waals surface area (Å²) < 4.78 is 103. The number of rotatable bonds is 0. The molecule has 0 bridgehead atoms. The number of hydrogen-bond donors (Lipinski definition) is 0. The van der Waals surface area contributed by atoms with Crippen LogP contribution in [0.15, 0.2) is 12.1 Å². The van der Waals surface area contributed by atoms with Crippen molar-refractivity contribution < 1.29 is 35.1 Å². The number of fused-ring (bicyclic) bond motifs is 2. The van der Waals surface area contributed by atoms with Crippen molar-refractivity contribution in [1.82, 2.24) is 0 Å². The monoisotopic (exact) mass is 274 g/mol. The molecular formula is C10H2F8. The summed E-state index contributed by atoms with van der Waals surface area (Å²) in [6.07, 6.45) is 0. The Bertz CT molecular complexity index is 473. The lowest BCUT2D eigenvalue weighted by Gasteiger charge is -2.44. The van der Waals surface area contributed by atoms with Gasteiger partial charge in [0.2, 0.25) is 0 Å². The van der Waals surface area contributed by atoms with E-state index in [0.717, 1.165) is 0 Å². The second-order valence-electron chi connectivity index (χ2n) is 4.24. The van der Waals surface area contributed by atoms with Gasteiger partial charge in [-0.25, -0.2) is 0 Å². The van der Waals surface area contributed by atoms with Crippen molar-refractivity contribution >= 4 is 0 Å². The zero-order valence-electron chi connectivity index (χ0n) is 8.18. The quantitative estimate of drug-likeness (QED) is 0.625. The number of benzene rings is 1. The maximum atomic E-state index is 12.9. The van der Waals surface area contributed by atoms with Gasteiger partial charge in [-0.15, -0.1) is 0 Å². The minimum Gasteiger partial charge on any atom is -0.194 e. The average Bonchev–Trinajstić information content (AvgIpc) is 2.26. The predicted molar refractivity (Wildman–Crippen MR) is 42.0 cm³/mol. The third kappa shape index (κ3) is 0.852. The first kappa shape index (κ1) is 11.7. The van der Waals surface area contributed by atoms with Crippen molar-refractivity contribution in [1.29, 1.82) is 0 Å². The molecule has 0 spiro atoms. The smallest absolute Gasteiger partial charge is 0.194 e. The fraction of sp³-hybridized carbons (Fsp3) is 0.400. The van der Waals surface area contributed by atoms with Crippen LogP contribution in [0.5, 0.6) is 0 Å². The lowest BCUT2D eigenvalue weighted by Crippen LogP contribution is -2.52. The van der Waals surface area contributed by atoms with E-state index in [1.54, 1.807) is 0 Å². The van der Waals surface area contributed by atoms with E-state index in [-0.39, 0.29) is 12.1 Å². The van der Waals surface area contributed by atoms with Gasteiger partial charge < -0.3 is 0 Å². The van der Waals surface area contributed by atoms with Crippen LogP contribution in [0.3, 0.4) is 0 Å². The van der Waals surface area contributed by atoms with Crippen LogP contribution in [-0.4, -0.2) is 0 Å². The summed E-state index contributed by atoms with van der Waals surface area (Å²) >= 11 is 0. The molecule has 1 aromatic rings. The van der Waals surface area contributed by atoms with E-state index >= 15 is 0 Å². The van der Waals surface area contributed by atoms with Crippen LogP contribution < -0.4 is 0 Å². The van der Waals surface area contributed by atoms with Crippen LogP contribution in [0.1, 0.15) is 22.3 Å². The predicted octanol–water partition coefficient (Wildman–Crippen LogP) is 4.08. The molecule has 0 aliphatic heterocycles. The first-order chi connectivity index (χ1) is 7.95. The van der Waals surface area contributed by atoms with E-state index < -0.39 is 45.9 Å². The van der Waals surface area contributed by atoms with Crippen molar-refractivity contribution in [2.24, 2.45) is 0 Å². The molecular weight excluding hydrogens is 272 g/mol. The van der Waals surface area contributed by atoms with Gasteiger partial charge in [-0.1, -0.05) is 0 Å². The van der Waals surface area contributed by atoms with Gasteiger partial charge in [0, 0.05) is 22.3 Å². The van der Waals surface area contributed by atoms with E-state index in [1.165, 1.54) is 0 Å². The van der Waals surface area contributed by atoms with Gasteiger partial charge in [0.05, 0.1) is 0 Å². The van der Waals surface area contributed by atoms with E-state index in [9.17, 15) is 35.1 Å². The molecule has 0 aromatic heterocycles. The molecule has 1 aromatic carbocycles. The Labute approximate surface area is 94.2 Å². The molecule has 0 atom stereocenters. The molecule has 0 fully saturated rings. The molecule has 3 rings (SSSR count). The SMILES string of the molecule is FC1(F)c2cc3c(cc2C1(F)F)C(F)(F)C3(F)F. The largest absolute Gasteiger partial charge is 0.340 e. The Hall–Kier alpha value is -1.34. The summed E-state index contributed by atoms with van der Waals surface area (Å²) in [6, 6.07) is 0.0823. The van der Waals surface area contributed by atoms with Gasteiger partial charge in [0.1, 0.15) is 0 Å². The van der Waals surface area contributed by atoms with Gasteiger partial charge in [-0.2, -0.15) is 35.1 Å². The minimum absolute atomic E-state index is 0.0412. The Morgan fingerprint density at radius 1 is 0.444 bits per heavy atom. The van der Waals surface area contributed by atoms with Crippen molar-refractivity contribution in [2.75, 3.05) is 0 Å². The van der Waals surface area contributed by atoms with Gasteiger partial charge in [-0.05, 0) is 12.1 Å². The first-order valence-corrected chi connectivity index (χ1v) is 4.67. The standard InChI is InChI=1S/C10H2F8/c11-7(12)3-1-4-6(2-5(3)9(7,15)16)10(17,18)8(4,13)14/h1-2H. The van der Waals surface area contributed by atoms with Crippen LogP contribution >= 0.6 is 0 Å². The van der Waals surface area contributed by atoms with Gasteiger partial charge >= 0.3 is 23.7 Å². The lowest BCUT2D eigenvalue weighted by atomic mass is 9.70. The average molecular weight is 274 g/mol. The topological polar surface area (TPSA) is 0 Å². The van der Waals surface area contributed by atoms with Crippen molar-refractivity contribution in [3.63, 3.8) is 0 Å². The van der Waals surface area contributed by atoms with Crippen LogP contribution in [0.4, 0.5) is 35.1 Å². The van der Waals surface area contributed by atoms with Crippen LogP contribution in [0.25, 0.3) is 0 Å². The van der Waals surface area contributed by atoms with Crippen LogP contribution in [-0.2, 0) is 23.7 Å². The molecule has 0 saturated carbocycles. The summed E-state index contributed by atoms with van der Waals surface area (Å²) in [5, 5.41) is 0. The second-order valence-corrected chi connectivity index (χ2v) is 4.24. The van der Waals surface area contributed by atoms with E-state index in [0.29, 0.717) is 0 Å². The molecule has 2 aliphatic rings. The number of alkyl halides is 8. The number of hydrogen-bond acceptors (Lipinski definition) is 0. The maximum absolute atomic E-state index is 12.9. The molecule has 0 heterocycles. The Kier molecular flexibility index (Phi) is 1.63. The highest BCUT2D eigenvalue weighted by Gasteiger charge is 2.75. The van der Waals surface area contributed by atoms with Crippen LogP contribution in [0.2, 0.25) is 0 Å². The van der Waals surface area contributed by atoms with E-state index in [4.69, 9.17) is 0 Å². The summed E-state index contributed by atoms with van der Waals surface area (Å²) in [5.41, 5.74) is -5.27. The van der Waals surface area contributed by atoms with Gasteiger partial charge in [0.15, 0.2) is 0 Å². The normalized spacial score (nSPS) is 27.6. The Morgan fingerprint density at radius 3 is 0.778 bits per heavy atom. The molecule has 8 heteroatoms. The molecule has 0 amide bonds. The Balaban J connectivity index is 2.26. The van der Waals surface area contributed by atoms with Crippen LogP contribution in [0, 0.1) is 0 Å². The highest BCUT2D eigenvalue weighted by Crippen LogP contribution is 2.67. The summed E-state index contributed by atoms with van der Waals surface area (Å²) in [6.45, 7) is 0. The first-order valence-electron chi connectivity index (χ1n) is 4.67. The summed E-state index contributed by atoms with van der Waals surface area (Å²) in [5.74, 6) is -18.4. The highest BCUT2D eigenvalue weighted by atomic mass is 19.3. The van der Waals surface area contributed by atoms with Crippen molar-refractivity contribution in [3.8, 4) is 0 Å². The third-order valence-electron chi connectivity index (χ3n) is 3.30. The van der Waals surface area contributed by atoms with E-state index in [1.807, 2.05) is 0 Å².